The van der Waals surface area contributed by atoms with Crippen LogP contribution in [0.15, 0.2) is 24.5 Å². The van der Waals surface area contributed by atoms with E-state index in [-0.39, 0.29) is 0 Å². The summed E-state index contributed by atoms with van der Waals surface area (Å²) in [6, 6.07) is 5.72. The highest BCUT2D eigenvalue weighted by Gasteiger charge is 2.08. The molecule has 17 heavy (non-hydrogen) atoms. The van der Waals surface area contributed by atoms with Crippen molar-refractivity contribution >= 4 is 28.9 Å². The number of aromatic nitrogens is 2. The lowest BCUT2D eigenvalue weighted by Crippen LogP contribution is -2.03. The maximum atomic E-state index is 6.13. The summed E-state index contributed by atoms with van der Waals surface area (Å²) in [4.78, 5) is 8.08. The molecule has 0 bridgehead atoms. The van der Waals surface area contributed by atoms with Crippen molar-refractivity contribution in [3.05, 3.63) is 40.7 Å². The third-order valence-corrected chi connectivity index (χ3v) is 2.90. The Balaban J connectivity index is 2.42. The Morgan fingerprint density at radius 3 is 2.71 bits per heavy atom. The Morgan fingerprint density at radius 1 is 1.24 bits per heavy atom. The second-order valence-corrected chi connectivity index (χ2v) is 4.20. The third kappa shape index (κ3) is 2.31. The zero-order chi connectivity index (χ0) is 12.4. The summed E-state index contributed by atoms with van der Waals surface area (Å²) in [5.74, 6) is 1.14. The topological polar surface area (TPSA) is 63.8 Å². The zero-order valence-electron chi connectivity index (χ0n) is 9.66. The summed E-state index contributed by atoms with van der Waals surface area (Å²) in [6.07, 6.45) is 1.43. The molecule has 0 atom stereocenters. The van der Waals surface area contributed by atoms with E-state index < -0.39 is 0 Å². The van der Waals surface area contributed by atoms with E-state index in [1.807, 2.05) is 32.0 Å². The molecule has 0 fully saturated rings. The molecule has 0 aliphatic carbocycles. The molecule has 0 spiro atoms. The van der Waals surface area contributed by atoms with Gasteiger partial charge < -0.3 is 11.1 Å². The number of nitrogen functional groups attached to an aromatic ring is 1. The lowest BCUT2D eigenvalue weighted by atomic mass is 10.2. The average molecular weight is 249 g/mol. The number of nitrogens with two attached hydrogens (primary N) is 1. The maximum Gasteiger partial charge on any atom is 0.138 e. The van der Waals surface area contributed by atoms with E-state index in [0.717, 1.165) is 16.8 Å². The van der Waals surface area contributed by atoms with E-state index in [4.69, 9.17) is 17.3 Å². The molecule has 0 amide bonds. The van der Waals surface area contributed by atoms with Crippen LogP contribution in [0.3, 0.4) is 0 Å². The van der Waals surface area contributed by atoms with E-state index in [1.54, 1.807) is 0 Å². The van der Waals surface area contributed by atoms with Gasteiger partial charge in [-0.25, -0.2) is 9.97 Å². The van der Waals surface area contributed by atoms with Crippen LogP contribution < -0.4 is 11.1 Å². The van der Waals surface area contributed by atoms with Gasteiger partial charge in [0.25, 0.3) is 0 Å². The number of anilines is 3. The predicted molar refractivity (Wildman–Crippen MR) is 70.7 cm³/mol. The predicted octanol–water partition coefficient (Wildman–Crippen LogP) is 3.07. The first-order chi connectivity index (χ1) is 8.09. The fourth-order valence-electron chi connectivity index (χ4n) is 1.50. The van der Waals surface area contributed by atoms with Gasteiger partial charge in [0.2, 0.25) is 0 Å². The molecular weight excluding hydrogens is 236 g/mol. The highest BCUT2D eigenvalue weighted by Crippen LogP contribution is 2.29. The number of aryl methyl sites for hydroxylation is 1. The molecule has 0 saturated carbocycles. The van der Waals surface area contributed by atoms with E-state index in [0.29, 0.717) is 16.7 Å². The smallest absolute Gasteiger partial charge is 0.138 e. The van der Waals surface area contributed by atoms with Gasteiger partial charge >= 0.3 is 0 Å². The van der Waals surface area contributed by atoms with E-state index in [2.05, 4.69) is 15.3 Å². The minimum absolute atomic E-state index is 0.465. The quantitative estimate of drug-likeness (QED) is 0.857. The number of nitrogens with one attached hydrogen (secondary N) is 1. The summed E-state index contributed by atoms with van der Waals surface area (Å²) < 4.78 is 0. The van der Waals surface area contributed by atoms with Crippen molar-refractivity contribution < 1.29 is 0 Å². The molecule has 4 nitrogen and oxygen atoms in total. The SMILES string of the molecule is Cc1cccc(Cl)c1Nc1ncnc(N)c1C. The molecule has 0 radical (unpaired) electrons. The molecule has 88 valence electrons. The standard InChI is InChI=1S/C12H13ClN4/c1-7-4-3-5-9(13)10(7)17-12-8(2)11(14)15-6-16-12/h3-6H,1-2H3,(H3,14,15,16,17). The summed E-state index contributed by atoms with van der Waals surface area (Å²) in [5, 5.41) is 3.84. The van der Waals surface area contributed by atoms with Crippen molar-refractivity contribution in [2.24, 2.45) is 0 Å². The molecule has 0 aliphatic heterocycles. The van der Waals surface area contributed by atoms with Crippen LogP contribution in [-0.4, -0.2) is 9.97 Å². The number of rotatable bonds is 2. The molecule has 2 aromatic rings. The second kappa shape index (κ2) is 4.59. The number of nitrogens with zero attached hydrogens (tertiary/aromatic N) is 2. The average Bonchev–Trinajstić information content (AvgIpc) is 2.29. The Hall–Kier alpha value is -1.81. The molecule has 1 heterocycles. The van der Waals surface area contributed by atoms with Crippen LogP contribution in [0.2, 0.25) is 5.02 Å². The van der Waals surface area contributed by atoms with Gasteiger partial charge in [0, 0.05) is 5.56 Å². The number of benzene rings is 1. The van der Waals surface area contributed by atoms with Crippen LogP contribution in [0.1, 0.15) is 11.1 Å². The van der Waals surface area contributed by atoms with Gasteiger partial charge in [-0.1, -0.05) is 23.7 Å². The van der Waals surface area contributed by atoms with Gasteiger partial charge in [-0.3, -0.25) is 0 Å². The molecule has 0 unspecified atom stereocenters. The van der Waals surface area contributed by atoms with Crippen molar-refractivity contribution in [3.63, 3.8) is 0 Å². The number of hydrogen-bond donors (Lipinski definition) is 2. The van der Waals surface area contributed by atoms with E-state index in [1.165, 1.54) is 6.33 Å². The molecule has 0 saturated heterocycles. The highest BCUT2D eigenvalue weighted by molar-refractivity contribution is 6.33. The number of hydrogen-bond acceptors (Lipinski definition) is 4. The van der Waals surface area contributed by atoms with Crippen molar-refractivity contribution in [2.45, 2.75) is 13.8 Å². The first-order valence-corrected chi connectivity index (χ1v) is 5.56. The first kappa shape index (κ1) is 11.7. The van der Waals surface area contributed by atoms with Gasteiger partial charge in [-0.2, -0.15) is 0 Å². The normalized spacial score (nSPS) is 10.3. The molecular formula is C12H13ClN4. The molecule has 1 aromatic heterocycles. The second-order valence-electron chi connectivity index (χ2n) is 3.79. The van der Waals surface area contributed by atoms with Crippen LogP contribution in [-0.2, 0) is 0 Å². The molecule has 1 aromatic carbocycles. The number of halogens is 1. The number of para-hydroxylation sites is 1. The maximum absolute atomic E-state index is 6.13. The monoisotopic (exact) mass is 248 g/mol. The van der Waals surface area contributed by atoms with Crippen molar-refractivity contribution in [3.8, 4) is 0 Å². The fraction of sp³-hybridized carbons (Fsp3) is 0.167. The van der Waals surface area contributed by atoms with E-state index in [9.17, 15) is 0 Å². The minimum Gasteiger partial charge on any atom is -0.383 e. The molecule has 2 rings (SSSR count). The molecule has 3 N–H and O–H groups in total. The lowest BCUT2D eigenvalue weighted by Gasteiger charge is -2.12. The Kier molecular flexibility index (Phi) is 3.15. The van der Waals surface area contributed by atoms with Crippen LogP contribution in [0, 0.1) is 13.8 Å². The van der Waals surface area contributed by atoms with Crippen molar-refractivity contribution in [2.75, 3.05) is 11.1 Å². The Morgan fingerprint density at radius 2 is 2.00 bits per heavy atom. The fourth-order valence-corrected chi connectivity index (χ4v) is 1.77. The highest BCUT2D eigenvalue weighted by atomic mass is 35.5. The Bertz CT molecular complexity index is 534. The van der Waals surface area contributed by atoms with Gasteiger partial charge in [0.05, 0.1) is 10.7 Å². The minimum atomic E-state index is 0.465. The third-order valence-electron chi connectivity index (χ3n) is 2.59. The summed E-state index contributed by atoms with van der Waals surface area (Å²) >= 11 is 6.13. The van der Waals surface area contributed by atoms with Crippen LogP contribution in [0.25, 0.3) is 0 Å². The first-order valence-electron chi connectivity index (χ1n) is 5.19. The van der Waals surface area contributed by atoms with Crippen molar-refractivity contribution in [1.82, 2.24) is 9.97 Å². The van der Waals surface area contributed by atoms with Crippen LogP contribution in [0.4, 0.5) is 17.3 Å². The van der Waals surface area contributed by atoms with Crippen LogP contribution in [0.5, 0.6) is 0 Å². The van der Waals surface area contributed by atoms with Gasteiger partial charge in [-0.15, -0.1) is 0 Å². The lowest BCUT2D eigenvalue weighted by molar-refractivity contribution is 1.14. The van der Waals surface area contributed by atoms with E-state index >= 15 is 0 Å². The molecule has 0 aliphatic rings. The van der Waals surface area contributed by atoms with Gasteiger partial charge in [0.1, 0.15) is 18.0 Å². The summed E-state index contributed by atoms with van der Waals surface area (Å²) in [5.41, 5.74) is 8.43. The van der Waals surface area contributed by atoms with Gasteiger partial charge in [0.15, 0.2) is 0 Å². The zero-order valence-corrected chi connectivity index (χ0v) is 10.4. The van der Waals surface area contributed by atoms with Crippen molar-refractivity contribution in [1.29, 1.82) is 0 Å². The van der Waals surface area contributed by atoms with Crippen LogP contribution >= 0.6 is 11.6 Å². The summed E-state index contributed by atoms with van der Waals surface area (Å²) in [6.45, 7) is 3.85. The largest absolute Gasteiger partial charge is 0.383 e. The molecule has 5 heteroatoms. The Labute approximate surface area is 105 Å². The van der Waals surface area contributed by atoms with Gasteiger partial charge in [-0.05, 0) is 25.5 Å². The summed E-state index contributed by atoms with van der Waals surface area (Å²) in [7, 11) is 0.